The number of carbonyl (C=O) groups excluding carboxylic acids is 1. The predicted octanol–water partition coefficient (Wildman–Crippen LogP) is 1.80. The van der Waals surface area contributed by atoms with Crippen LogP contribution in [0.5, 0.6) is 0 Å². The van der Waals surface area contributed by atoms with Crippen molar-refractivity contribution >= 4 is 5.97 Å². The zero-order valence-corrected chi connectivity index (χ0v) is 6.56. The lowest BCUT2D eigenvalue weighted by molar-refractivity contribution is 0.0535. The number of halogens is 1. The van der Waals surface area contributed by atoms with Crippen LogP contribution < -0.4 is 0 Å². The molecule has 0 N–H and O–H groups in total. The summed E-state index contributed by atoms with van der Waals surface area (Å²) in [7, 11) is 0. The third-order valence-electron chi connectivity index (χ3n) is 1.96. The van der Waals surface area contributed by atoms with Gasteiger partial charge in [0, 0.05) is 5.56 Å². The molecule has 1 aromatic rings. The van der Waals surface area contributed by atoms with Gasteiger partial charge in [0.25, 0.3) is 0 Å². The van der Waals surface area contributed by atoms with Crippen molar-refractivity contribution in [2.75, 3.05) is 0 Å². The lowest BCUT2D eigenvalue weighted by atomic mass is 10.1. The zero-order chi connectivity index (χ0) is 8.72. The fourth-order valence-electron chi connectivity index (χ4n) is 1.27. The van der Waals surface area contributed by atoms with E-state index in [1.807, 2.05) is 0 Å². The number of ether oxygens (including phenoxy) is 1. The van der Waals surface area contributed by atoms with Crippen molar-refractivity contribution in [3.63, 3.8) is 0 Å². The topological polar surface area (TPSA) is 26.3 Å². The number of cyclic esters (lactones) is 1. The molecule has 3 heteroatoms. The van der Waals surface area contributed by atoms with Crippen LogP contribution in [0.3, 0.4) is 0 Å². The Labute approximate surface area is 69.0 Å². The van der Waals surface area contributed by atoms with Crippen molar-refractivity contribution in [3.8, 4) is 0 Å². The summed E-state index contributed by atoms with van der Waals surface area (Å²) in [6, 6.07) is 2.88. The molecule has 2 rings (SSSR count). The molecule has 0 saturated heterocycles. The highest BCUT2D eigenvalue weighted by atomic mass is 19.1. The number of hydrogen-bond donors (Lipinski definition) is 0. The van der Waals surface area contributed by atoms with Gasteiger partial charge in [0.1, 0.15) is 12.4 Å². The molecule has 0 atom stereocenters. The minimum absolute atomic E-state index is 0.273. The van der Waals surface area contributed by atoms with Crippen LogP contribution in [0.2, 0.25) is 0 Å². The van der Waals surface area contributed by atoms with Crippen LogP contribution in [-0.2, 0) is 11.3 Å². The average molecular weight is 166 g/mol. The Morgan fingerprint density at radius 2 is 2.25 bits per heavy atom. The molecule has 0 aliphatic carbocycles. The summed E-state index contributed by atoms with van der Waals surface area (Å²) in [6.45, 7) is 1.94. The van der Waals surface area contributed by atoms with Crippen LogP contribution in [0.25, 0.3) is 0 Å². The van der Waals surface area contributed by atoms with Gasteiger partial charge in [0.2, 0.25) is 0 Å². The van der Waals surface area contributed by atoms with E-state index in [0.29, 0.717) is 11.1 Å². The first-order chi connectivity index (χ1) is 5.68. The highest BCUT2D eigenvalue weighted by Gasteiger charge is 2.22. The second kappa shape index (κ2) is 2.30. The maximum Gasteiger partial charge on any atom is 0.338 e. The van der Waals surface area contributed by atoms with Crippen LogP contribution >= 0.6 is 0 Å². The normalized spacial score (nSPS) is 14.3. The summed E-state index contributed by atoms with van der Waals surface area (Å²) >= 11 is 0. The molecule has 0 amide bonds. The first kappa shape index (κ1) is 7.28. The van der Waals surface area contributed by atoms with Crippen LogP contribution in [0.1, 0.15) is 21.5 Å². The number of esters is 1. The highest BCUT2D eigenvalue weighted by Crippen LogP contribution is 2.22. The molecule has 0 bridgehead atoms. The van der Waals surface area contributed by atoms with Crippen molar-refractivity contribution in [2.45, 2.75) is 13.5 Å². The Bertz CT molecular complexity index is 358. The third-order valence-corrected chi connectivity index (χ3v) is 1.96. The molecule has 0 aromatic heterocycles. The lowest BCUT2D eigenvalue weighted by Gasteiger charge is -1.97. The Hall–Kier alpha value is -1.38. The van der Waals surface area contributed by atoms with Crippen molar-refractivity contribution in [2.24, 2.45) is 0 Å². The molecule has 0 radical (unpaired) electrons. The van der Waals surface area contributed by atoms with Gasteiger partial charge in [-0.2, -0.15) is 0 Å². The van der Waals surface area contributed by atoms with Crippen molar-refractivity contribution < 1.29 is 13.9 Å². The molecule has 1 aliphatic rings. The monoisotopic (exact) mass is 166 g/mol. The summed E-state index contributed by atoms with van der Waals surface area (Å²) < 4.78 is 17.7. The van der Waals surface area contributed by atoms with Gasteiger partial charge < -0.3 is 4.74 Å². The Morgan fingerprint density at radius 1 is 1.50 bits per heavy atom. The first-order valence-electron chi connectivity index (χ1n) is 3.64. The van der Waals surface area contributed by atoms with Crippen LogP contribution in [0, 0.1) is 12.7 Å². The summed E-state index contributed by atoms with van der Waals surface area (Å²) in [5.74, 6) is -0.781. The summed E-state index contributed by atoms with van der Waals surface area (Å²) in [4.78, 5) is 10.9. The second-order valence-corrected chi connectivity index (χ2v) is 2.83. The Kier molecular flexibility index (Phi) is 1.40. The Morgan fingerprint density at radius 3 is 3.00 bits per heavy atom. The van der Waals surface area contributed by atoms with Crippen molar-refractivity contribution in [1.82, 2.24) is 0 Å². The van der Waals surface area contributed by atoms with E-state index in [4.69, 9.17) is 4.74 Å². The van der Waals surface area contributed by atoms with E-state index >= 15 is 0 Å². The van der Waals surface area contributed by atoms with Crippen LogP contribution in [0.4, 0.5) is 4.39 Å². The SMILES string of the molecule is Cc1cc2c(cc1F)C(=O)OC2. The maximum atomic E-state index is 12.9. The van der Waals surface area contributed by atoms with E-state index in [-0.39, 0.29) is 12.4 Å². The molecule has 1 heterocycles. The van der Waals surface area contributed by atoms with Crippen LogP contribution in [0.15, 0.2) is 12.1 Å². The highest BCUT2D eigenvalue weighted by molar-refractivity contribution is 5.93. The van der Waals surface area contributed by atoms with Gasteiger partial charge in [-0.3, -0.25) is 0 Å². The molecule has 62 valence electrons. The minimum Gasteiger partial charge on any atom is -0.457 e. The molecule has 0 unspecified atom stereocenters. The number of aryl methyl sites for hydroxylation is 1. The largest absolute Gasteiger partial charge is 0.457 e. The van der Waals surface area contributed by atoms with E-state index in [0.717, 1.165) is 5.56 Å². The summed E-state index contributed by atoms with van der Waals surface area (Å²) in [5.41, 5.74) is 1.68. The molecule has 0 saturated carbocycles. The smallest absolute Gasteiger partial charge is 0.338 e. The number of hydrogen-bond acceptors (Lipinski definition) is 2. The van der Waals surface area contributed by atoms with Crippen LogP contribution in [-0.4, -0.2) is 5.97 Å². The third kappa shape index (κ3) is 0.897. The van der Waals surface area contributed by atoms with Crippen molar-refractivity contribution in [3.05, 3.63) is 34.6 Å². The molecule has 0 fully saturated rings. The molecule has 1 aliphatic heterocycles. The van der Waals surface area contributed by atoms with Gasteiger partial charge in [-0.25, -0.2) is 9.18 Å². The number of carbonyl (C=O) groups is 1. The molecular weight excluding hydrogens is 159 g/mol. The standard InChI is InChI=1S/C9H7FO2/c1-5-2-6-4-12-9(11)7(6)3-8(5)10/h2-3H,4H2,1H3. The summed E-state index contributed by atoms with van der Waals surface area (Å²) in [5, 5.41) is 0. The number of rotatable bonds is 0. The van der Waals surface area contributed by atoms with Gasteiger partial charge in [0.05, 0.1) is 5.56 Å². The first-order valence-corrected chi connectivity index (χ1v) is 3.64. The van der Waals surface area contributed by atoms with E-state index in [2.05, 4.69) is 0 Å². The number of benzene rings is 1. The molecule has 1 aromatic carbocycles. The molecule has 2 nitrogen and oxygen atoms in total. The zero-order valence-electron chi connectivity index (χ0n) is 6.56. The summed E-state index contributed by atoms with van der Waals surface area (Å²) in [6.07, 6.45) is 0. The minimum atomic E-state index is -0.427. The van der Waals surface area contributed by atoms with Gasteiger partial charge >= 0.3 is 5.97 Å². The predicted molar refractivity (Wildman–Crippen MR) is 40.3 cm³/mol. The fourth-order valence-corrected chi connectivity index (χ4v) is 1.27. The van der Waals surface area contributed by atoms with Crippen molar-refractivity contribution in [1.29, 1.82) is 0 Å². The van der Waals surface area contributed by atoms with E-state index in [9.17, 15) is 9.18 Å². The van der Waals surface area contributed by atoms with E-state index in [1.165, 1.54) is 6.07 Å². The molecule has 12 heavy (non-hydrogen) atoms. The van der Waals surface area contributed by atoms with E-state index < -0.39 is 5.97 Å². The average Bonchev–Trinajstić information content (AvgIpc) is 2.35. The van der Waals surface area contributed by atoms with E-state index in [1.54, 1.807) is 13.0 Å². The second-order valence-electron chi connectivity index (χ2n) is 2.83. The molecule has 0 spiro atoms. The Balaban J connectivity index is 2.63. The van der Waals surface area contributed by atoms with Gasteiger partial charge in [-0.1, -0.05) is 0 Å². The van der Waals surface area contributed by atoms with Gasteiger partial charge in [0.15, 0.2) is 0 Å². The maximum absolute atomic E-state index is 12.9. The quantitative estimate of drug-likeness (QED) is 0.549. The fraction of sp³-hybridized carbons (Fsp3) is 0.222. The van der Waals surface area contributed by atoms with Gasteiger partial charge in [-0.15, -0.1) is 0 Å². The number of fused-ring (bicyclic) bond motifs is 1. The molecular formula is C9H7FO2. The van der Waals surface area contributed by atoms with Gasteiger partial charge in [-0.05, 0) is 24.6 Å². The lowest BCUT2D eigenvalue weighted by Crippen LogP contribution is -1.95.